The number of nitrogens with zero attached hydrogens (tertiary/aromatic N) is 5. The topological polar surface area (TPSA) is 74.8 Å². The number of benzene rings is 1. The van der Waals surface area contributed by atoms with Crippen molar-refractivity contribution in [3.05, 3.63) is 77.2 Å². The van der Waals surface area contributed by atoms with Crippen LogP contribution in [0.2, 0.25) is 0 Å². The number of hydrogen-bond donors (Lipinski definition) is 0. The molecular weight excluding hydrogens is 318 g/mol. The maximum Gasteiger partial charge on any atom is 0.281 e. The molecule has 0 saturated heterocycles. The molecule has 3 heterocycles. The van der Waals surface area contributed by atoms with Gasteiger partial charge in [0.15, 0.2) is 11.2 Å². The standard InChI is InChI=1S/C18H15N5O2/c1-25-15-9-13(7-8-19-15)10-22-11-21-17-16(18(22)24)20-12-23(17)14-5-3-2-4-6-14/h2-9,11-12H,10H2,1H3. The molecule has 0 saturated carbocycles. The van der Waals surface area contributed by atoms with Crippen LogP contribution in [0.15, 0.2) is 66.1 Å². The summed E-state index contributed by atoms with van der Waals surface area (Å²) in [5, 5.41) is 0. The lowest BCUT2D eigenvalue weighted by atomic mass is 10.2. The average Bonchev–Trinajstić information content (AvgIpc) is 3.10. The minimum atomic E-state index is -0.185. The third-order valence-electron chi connectivity index (χ3n) is 3.92. The van der Waals surface area contributed by atoms with E-state index >= 15 is 0 Å². The lowest BCUT2D eigenvalue weighted by Crippen LogP contribution is -2.21. The molecule has 0 aliphatic carbocycles. The van der Waals surface area contributed by atoms with E-state index in [4.69, 9.17) is 4.74 Å². The van der Waals surface area contributed by atoms with Gasteiger partial charge in [0.1, 0.15) is 12.7 Å². The van der Waals surface area contributed by atoms with Gasteiger partial charge in [-0.2, -0.15) is 0 Å². The molecule has 4 aromatic rings. The molecule has 0 aliphatic heterocycles. The molecule has 0 unspecified atom stereocenters. The lowest BCUT2D eigenvalue weighted by Gasteiger charge is -2.07. The second-order valence-corrected chi connectivity index (χ2v) is 5.51. The number of pyridine rings is 1. The van der Waals surface area contributed by atoms with Gasteiger partial charge >= 0.3 is 0 Å². The van der Waals surface area contributed by atoms with E-state index in [9.17, 15) is 4.79 Å². The van der Waals surface area contributed by atoms with Crippen LogP contribution in [0.1, 0.15) is 5.56 Å². The van der Waals surface area contributed by atoms with Crippen LogP contribution >= 0.6 is 0 Å². The molecule has 4 rings (SSSR count). The predicted octanol–water partition coefficient (Wildman–Crippen LogP) is 2.03. The molecule has 124 valence electrons. The number of hydrogen-bond acceptors (Lipinski definition) is 5. The summed E-state index contributed by atoms with van der Waals surface area (Å²) in [5.41, 5.74) is 2.51. The van der Waals surface area contributed by atoms with Gasteiger partial charge in [0, 0.05) is 18.0 Å². The first kappa shape index (κ1) is 15.1. The minimum absolute atomic E-state index is 0.185. The Bertz CT molecular complexity index is 1090. The van der Waals surface area contributed by atoms with E-state index < -0.39 is 0 Å². The first-order valence-corrected chi connectivity index (χ1v) is 7.73. The van der Waals surface area contributed by atoms with Crippen LogP contribution < -0.4 is 10.3 Å². The zero-order valence-electron chi connectivity index (χ0n) is 13.5. The molecule has 3 aromatic heterocycles. The highest BCUT2D eigenvalue weighted by Gasteiger charge is 2.12. The van der Waals surface area contributed by atoms with Gasteiger partial charge in [-0.25, -0.2) is 15.0 Å². The Morgan fingerprint density at radius 1 is 1.04 bits per heavy atom. The van der Waals surface area contributed by atoms with Gasteiger partial charge in [-0.3, -0.25) is 13.9 Å². The summed E-state index contributed by atoms with van der Waals surface area (Å²) >= 11 is 0. The highest BCUT2D eigenvalue weighted by atomic mass is 16.5. The van der Waals surface area contributed by atoms with Gasteiger partial charge in [-0.1, -0.05) is 18.2 Å². The second-order valence-electron chi connectivity index (χ2n) is 5.51. The number of para-hydroxylation sites is 1. The van der Waals surface area contributed by atoms with Crippen molar-refractivity contribution in [2.75, 3.05) is 7.11 Å². The predicted molar refractivity (Wildman–Crippen MR) is 93.0 cm³/mol. The van der Waals surface area contributed by atoms with Crippen molar-refractivity contribution >= 4 is 11.2 Å². The molecule has 0 radical (unpaired) electrons. The zero-order chi connectivity index (χ0) is 17.2. The SMILES string of the molecule is COc1cc(Cn2cnc3c(ncn3-c3ccccc3)c2=O)ccn1. The number of methoxy groups -OCH3 is 1. The van der Waals surface area contributed by atoms with Crippen LogP contribution in [0.25, 0.3) is 16.9 Å². The van der Waals surface area contributed by atoms with E-state index in [1.807, 2.05) is 36.4 Å². The molecule has 7 heteroatoms. The van der Waals surface area contributed by atoms with Crippen LogP contribution in [0.4, 0.5) is 0 Å². The molecule has 0 fully saturated rings. The van der Waals surface area contributed by atoms with E-state index in [0.717, 1.165) is 11.3 Å². The Morgan fingerprint density at radius 3 is 2.68 bits per heavy atom. The number of imidazole rings is 1. The Labute approximate surface area is 143 Å². The fraction of sp³-hybridized carbons (Fsp3) is 0.111. The Hall–Kier alpha value is -3.48. The first-order valence-electron chi connectivity index (χ1n) is 7.73. The molecule has 25 heavy (non-hydrogen) atoms. The molecule has 0 amide bonds. The maximum absolute atomic E-state index is 12.7. The van der Waals surface area contributed by atoms with Gasteiger partial charge in [-0.15, -0.1) is 0 Å². The van der Waals surface area contributed by atoms with Gasteiger partial charge in [0.05, 0.1) is 13.7 Å². The van der Waals surface area contributed by atoms with Gasteiger partial charge in [-0.05, 0) is 23.8 Å². The first-order chi connectivity index (χ1) is 12.3. The number of ether oxygens (including phenoxy) is 1. The summed E-state index contributed by atoms with van der Waals surface area (Å²) in [7, 11) is 1.56. The van der Waals surface area contributed by atoms with Crippen molar-refractivity contribution < 1.29 is 4.74 Å². The summed E-state index contributed by atoms with van der Waals surface area (Å²) in [6.45, 7) is 0.374. The van der Waals surface area contributed by atoms with Crippen molar-refractivity contribution in [3.8, 4) is 11.6 Å². The van der Waals surface area contributed by atoms with Gasteiger partial charge in [0.25, 0.3) is 5.56 Å². The monoisotopic (exact) mass is 333 g/mol. The number of aromatic nitrogens is 5. The van der Waals surface area contributed by atoms with Crippen molar-refractivity contribution in [1.82, 2.24) is 24.1 Å². The van der Waals surface area contributed by atoms with Crippen molar-refractivity contribution in [2.24, 2.45) is 0 Å². The van der Waals surface area contributed by atoms with Crippen LogP contribution in [-0.2, 0) is 6.54 Å². The highest BCUT2D eigenvalue weighted by molar-refractivity contribution is 5.71. The van der Waals surface area contributed by atoms with Crippen LogP contribution in [0.5, 0.6) is 5.88 Å². The van der Waals surface area contributed by atoms with Gasteiger partial charge in [0.2, 0.25) is 5.88 Å². The normalized spacial score (nSPS) is 10.9. The van der Waals surface area contributed by atoms with E-state index in [1.165, 1.54) is 4.57 Å². The number of fused-ring (bicyclic) bond motifs is 1. The van der Waals surface area contributed by atoms with Gasteiger partial charge < -0.3 is 4.74 Å². The molecule has 0 aliphatic rings. The van der Waals surface area contributed by atoms with E-state index in [-0.39, 0.29) is 5.56 Å². The van der Waals surface area contributed by atoms with Crippen molar-refractivity contribution in [1.29, 1.82) is 0 Å². The molecule has 0 N–H and O–H groups in total. The third-order valence-corrected chi connectivity index (χ3v) is 3.92. The largest absolute Gasteiger partial charge is 0.481 e. The van der Waals surface area contributed by atoms with E-state index in [1.54, 1.807) is 36.6 Å². The zero-order valence-corrected chi connectivity index (χ0v) is 13.5. The smallest absolute Gasteiger partial charge is 0.281 e. The molecule has 0 spiro atoms. The van der Waals surface area contributed by atoms with Crippen LogP contribution in [-0.4, -0.2) is 31.2 Å². The van der Waals surface area contributed by atoms with Crippen LogP contribution in [0, 0.1) is 0 Å². The highest BCUT2D eigenvalue weighted by Crippen LogP contribution is 2.14. The summed E-state index contributed by atoms with van der Waals surface area (Å²) in [6.07, 6.45) is 4.81. The third kappa shape index (κ3) is 2.76. The Balaban J connectivity index is 1.75. The summed E-state index contributed by atoms with van der Waals surface area (Å²) in [6, 6.07) is 13.3. The van der Waals surface area contributed by atoms with Crippen molar-refractivity contribution in [3.63, 3.8) is 0 Å². The quantitative estimate of drug-likeness (QED) is 0.571. The van der Waals surface area contributed by atoms with Crippen molar-refractivity contribution in [2.45, 2.75) is 6.54 Å². The average molecular weight is 333 g/mol. The fourth-order valence-electron chi connectivity index (χ4n) is 2.68. The Morgan fingerprint density at radius 2 is 1.88 bits per heavy atom. The summed E-state index contributed by atoms with van der Waals surface area (Å²) < 4.78 is 8.44. The summed E-state index contributed by atoms with van der Waals surface area (Å²) in [4.78, 5) is 25.5. The van der Waals surface area contributed by atoms with Crippen LogP contribution in [0.3, 0.4) is 0 Å². The molecule has 0 bridgehead atoms. The molecule has 7 nitrogen and oxygen atoms in total. The molecule has 0 atom stereocenters. The maximum atomic E-state index is 12.7. The Kier molecular flexibility index (Phi) is 3.74. The minimum Gasteiger partial charge on any atom is -0.481 e. The van der Waals surface area contributed by atoms with E-state index in [2.05, 4.69) is 15.0 Å². The summed E-state index contributed by atoms with van der Waals surface area (Å²) in [5.74, 6) is 0.507. The number of rotatable bonds is 4. The molecule has 1 aromatic carbocycles. The molecular formula is C18H15N5O2. The fourth-order valence-corrected chi connectivity index (χ4v) is 2.68. The van der Waals surface area contributed by atoms with E-state index in [0.29, 0.717) is 23.6 Å². The second kappa shape index (κ2) is 6.20. The lowest BCUT2D eigenvalue weighted by molar-refractivity contribution is 0.397.